The zero-order valence-corrected chi connectivity index (χ0v) is 9.51. The van der Waals surface area contributed by atoms with Gasteiger partial charge in [-0.15, -0.1) is 0 Å². The van der Waals surface area contributed by atoms with Crippen LogP contribution < -0.4 is 0 Å². The van der Waals surface area contributed by atoms with Crippen LogP contribution in [0.25, 0.3) is 0 Å². The summed E-state index contributed by atoms with van der Waals surface area (Å²) in [5.74, 6) is -2.85. The number of hydrogen-bond donors (Lipinski definition) is 1. The predicted molar refractivity (Wildman–Crippen MR) is 54.7 cm³/mol. The van der Waals surface area contributed by atoms with E-state index >= 15 is 0 Å². The molecular weight excluding hydrogens is 270 g/mol. The summed E-state index contributed by atoms with van der Waals surface area (Å²) in [4.78, 5) is 10.4. The molecule has 0 fully saturated rings. The first kappa shape index (κ1) is 12.1. The fraction of sp³-hybridized carbons (Fsp3) is 0.300. The van der Waals surface area contributed by atoms with E-state index in [1.807, 2.05) is 0 Å². The molecule has 0 bridgehead atoms. The summed E-state index contributed by atoms with van der Waals surface area (Å²) < 4.78 is 26.0. The SMILES string of the molecule is CC(CC(=O)O)c1cc(F)c(Br)c(F)c1. The molecule has 0 saturated heterocycles. The maximum absolute atomic E-state index is 13.1. The minimum Gasteiger partial charge on any atom is -0.481 e. The van der Waals surface area contributed by atoms with Crippen molar-refractivity contribution in [1.29, 1.82) is 0 Å². The van der Waals surface area contributed by atoms with Gasteiger partial charge in [0.2, 0.25) is 0 Å². The van der Waals surface area contributed by atoms with Gasteiger partial charge in [-0.2, -0.15) is 0 Å². The third-order valence-corrected chi connectivity index (χ3v) is 2.81. The van der Waals surface area contributed by atoms with Gasteiger partial charge < -0.3 is 5.11 Å². The molecule has 0 amide bonds. The summed E-state index contributed by atoms with van der Waals surface area (Å²) in [5, 5.41) is 8.54. The van der Waals surface area contributed by atoms with E-state index in [9.17, 15) is 13.6 Å². The van der Waals surface area contributed by atoms with E-state index in [2.05, 4.69) is 15.9 Å². The fourth-order valence-corrected chi connectivity index (χ4v) is 1.47. The van der Waals surface area contributed by atoms with E-state index in [0.29, 0.717) is 5.56 Å². The third kappa shape index (κ3) is 2.99. The number of halogens is 3. The second kappa shape index (κ2) is 4.70. The molecule has 0 aliphatic carbocycles. The van der Waals surface area contributed by atoms with Crippen LogP contribution in [0.15, 0.2) is 16.6 Å². The summed E-state index contributed by atoms with van der Waals surface area (Å²) in [6, 6.07) is 2.28. The molecule has 0 aliphatic rings. The fourth-order valence-electron chi connectivity index (χ4n) is 1.24. The molecule has 5 heteroatoms. The van der Waals surface area contributed by atoms with Gasteiger partial charge >= 0.3 is 5.97 Å². The minimum absolute atomic E-state index is 0.152. The van der Waals surface area contributed by atoms with Gasteiger partial charge in [-0.25, -0.2) is 8.78 Å². The maximum Gasteiger partial charge on any atom is 0.303 e. The third-order valence-electron chi connectivity index (χ3n) is 2.06. The Balaban J connectivity index is 3.00. The Labute approximate surface area is 94.0 Å². The van der Waals surface area contributed by atoms with Crippen LogP contribution in [0, 0.1) is 11.6 Å². The number of carboxylic acids is 1. The molecule has 1 rings (SSSR count). The van der Waals surface area contributed by atoms with Gasteiger partial charge in [0.05, 0.1) is 10.9 Å². The summed E-state index contributed by atoms with van der Waals surface area (Å²) in [6.07, 6.45) is -0.152. The molecule has 2 nitrogen and oxygen atoms in total. The zero-order chi connectivity index (χ0) is 11.6. The van der Waals surface area contributed by atoms with Gasteiger partial charge in [0.15, 0.2) is 0 Å². The van der Waals surface area contributed by atoms with E-state index < -0.39 is 23.5 Å². The Morgan fingerprint density at radius 3 is 2.33 bits per heavy atom. The van der Waals surface area contributed by atoms with Crippen molar-refractivity contribution in [3.8, 4) is 0 Å². The van der Waals surface area contributed by atoms with Crippen molar-refractivity contribution >= 4 is 21.9 Å². The first-order chi connectivity index (χ1) is 6.91. The van der Waals surface area contributed by atoms with Crippen molar-refractivity contribution in [2.45, 2.75) is 19.3 Å². The average molecular weight is 279 g/mol. The van der Waals surface area contributed by atoms with Gasteiger partial charge in [0.1, 0.15) is 11.6 Å². The van der Waals surface area contributed by atoms with Gasteiger partial charge in [-0.05, 0) is 39.5 Å². The van der Waals surface area contributed by atoms with Crippen LogP contribution in [0.4, 0.5) is 8.78 Å². The van der Waals surface area contributed by atoms with Gasteiger partial charge in [0.25, 0.3) is 0 Å². The number of carbonyl (C=O) groups is 1. The van der Waals surface area contributed by atoms with E-state index in [-0.39, 0.29) is 10.9 Å². The Hall–Kier alpha value is -0.970. The molecule has 1 N–H and O–H groups in total. The van der Waals surface area contributed by atoms with Gasteiger partial charge in [-0.3, -0.25) is 4.79 Å². The molecule has 0 saturated carbocycles. The Kier molecular flexibility index (Phi) is 3.79. The largest absolute Gasteiger partial charge is 0.481 e. The number of hydrogen-bond acceptors (Lipinski definition) is 1. The highest BCUT2D eigenvalue weighted by molar-refractivity contribution is 9.10. The normalized spacial score (nSPS) is 12.5. The van der Waals surface area contributed by atoms with Crippen molar-refractivity contribution in [3.05, 3.63) is 33.8 Å². The molecule has 0 spiro atoms. The van der Waals surface area contributed by atoms with E-state index in [1.54, 1.807) is 6.92 Å². The summed E-state index contributed by atoms with van der Waals surface area (Å²) in [6.45, 7) is 1.61. The second-order valence-corrected chi connectivity index (χ2v) is 4.09. The Morgan fingerprint density at radius 1 is 1.47 bits per heavy atom. The van der Waals surface area contributed by atoms with E-state index in [0.717, 1.165) is 12.1 Å². The van der Waals surface area contributed by atoms with Crippen LogP contribution in [0.2, 0.25) is 0 Å². The van der Waals surface area contributed by atoms with Crippen LogP contribution in [0.1, 0.15) is 24.8 Å². The highest BCUT2D eigenvalue weighted by atomic mass is 79.9. The minimum atomic E-state index is -0.994. The maximum atomic E-state index is 13.1. The molecule has 0 aromatic heterocycles. The monoisotopic (exact) mass is 278 g/mol. The molecular formula is C10H9BrF2O2. The second-order valence-electron chi connectivity index (χ2n) is 3.30. The lowest BCUT2D eigenvalue weighted by Crippen LogP contribution is -2.04. The Bertz CT molecular complexity index is 370. The number of rotatable bonds is 3. The quantitative estimate of drug-likeness (QED) is 0.862. The first-order valence-electron chi connectivity index (χ1n) is 4.28. The lowest BCUT2D eigenvalue weighted by Gasteiger charge is -2.10. The van der Waals surface area contributed by atoms with E-state index in [4.69, 9.17) is 5.11 Å². The smallest absolute Gasteiger partial charge is 0.303 e. The molecule has 1 unspecified atom stereocenters. The van der Waals surface area contributed by atoms with Crippen molar-refractivity contribution in [3.63, 3.8) is 0 Å². The van der Waals surface area contributed by atoms with Crippen LogP contribution >= 0.6 is 15.9 Å². The summed E-state index contributed by atoms with van der Waals surface area (Å²) >= 11 is 2.75. The molecule has 0 heterocycles. The topological polar surface area (TPSA) is 37.3 Å². The van der Waals surface area contributed by atoms with Gasteiger partial charge in [-0.1, -0.05) is 6.92 Å². The van der Waals surface area contributed by atoms with Crippen LogP contribution in [0.3, 0.4) is 0 Å². The number of aliphatic carboxylic acids is 1. The first-order valence-corrected chi connectivity index (χ1v) is 5.07. The Morgan fingerprint density at radius 2 is 1.93 bits per heavy atom. The molecule has 1 aromatic rings. The zero-order valence-electron chi connectivity index (χ0n) is 7.93. The lowest BCUT2D eigenvalue weighted by molar-refractivity contribution is -0.137. The molecule has 1 aromatic carbocycles. The lowest BCUT2D eigenvalue weighted by atomic mass is 9.98. The molecule has 82 valence electrons. The van der Waals surface area contributed by atoms with Crippen molar-refractivity contribution in [2.75, 3.05) is 0 Å². The number of benzene rings is 1. The van der Waals surface area contributed by atoms with Gasteiger partial charge in [0, 0.05) is 0 Å². The summed E-state index contributed by atoms with van der Waals surface area (Å²) in [5.41, 5.74) is 0.343. The molecule has 15 heavy (non-hydrogen) atoms. The van der Waals surface area contributed by atoms with Crippen LogP contribution in [-0.4, -0.2) is 11.1 Å². The van der Waals surface area contributed by atoms with Crippen molar-refractivity contribution in [2.24, 2.45) is 0 Å². The van der Waals surface area contributed by atoms with Crippen LogP contribution in [-0.2, 0) is 4.79 Å². The molecule has 0 radical (unpaired) electrons. The number of carboxylic acid groups (broad SMARTS) is 1. The van der Waals surface area contributed by atoms with E-state index in [1.165, 1.54) is 0 Å². The van der Waals surface area contributed by atoms with Crippen LogP contribution in [0.5, 0.6) is 0 Å². The summed E-state index contributed by atoms with van der Waals surface area (Å²) in [7, 11) is 0. The van der Waals surface area contributed by atoms with Crippen molar-refractivity contribution < 1.29 is 18.7 Å². The standard InChI is InChI=1S/C10H9BrF2O2/c1-5(2-9(14)15)6-3-7(12)10(11)8(13)4-6/h3-5H,2H2,1H3,(H,14,15). The van der Waals surface area contributed by atoms with Crippen molar-refractivity contribution in [1.82, 2.24) is 0 Å². The highest BCUT2D eigenvalue weighted by Gasteiger charge is 2.15. The average Bonchev–Trinajstić information content (AvgIpc) is 2.12. The highest BCUT2D eigenvalue weighted by Crippen LogP contribution is 2.26. The molecule has 0 aliphatic heterocycles. The molecule has 1 atom stereocenters. The predicted octanol–water partition coefficient (Wildman–Crippen LogP) is 3.31.